The molecule has 5 rings (SSSR count). The van der Waals surface area contributed by atoms with E-state index in [9.17, 15) is 18.0 Å². The van der Waals surface area contributed by atoms with Crippen LogP contribution in [0.2, 0.25) is 0 Å². The van der Waals surface area contributed by atoms with Crippen molar-refractivity contribution in [2.24, 2.45) is 5.92 Å². The van der Waals surface area contributed by atoms with Crippen LogP contribution in [0.1, 0.15) is 39.3 Å². The zero-order valence-corrected chi connectivity index (χ0v) is 24.9. The van der Waals surface area contributed by atoms with Gasteiger partial charge in [-0.2, -0.15) is 13.2 Å². The molecule has 224 valence electrons. The number of benzene rings is 1. The molecule has 4 aromatic rings. The van der Waals surface area contributed by atoms with E-state index in [1.165, 1.54) is 30.7 Å². The van der Waals surface area contributed by atoms with E-state index < -0.39 is 11.9 Å². The maximum absolute atomic E-state index is 13.6. The Hall–Kier alpha value is -3.55. The molecule has 42 heavy (non-hydrogen) atoms. The van der Waals surface area contributed by atoms with E-state index in [0.29, 0.717) is 40.1 Å². The third-order valence-electron chi connectivity index (χ3n) is 6.59. The molecule has 4 heterocycles. The summed E-state index contributed by atoms with van der Waals surface area (Å²) >= 11 is 1.31. The largest absolute Gasteiger partial charge is 0.437 e. The number of hydrogen-bond acceptors (Lipinski definition) is 9. The van der Waals surface area contributed by atoms with Crippen LogP contribution in [0, 0.1) is 5.92 Å². The summed E-state index contributed by atoms with van der Waals surface area (Å²) in [5, 5.41) is 6.29. The molecule has 9 nitrogen and oxygen atoms in total. The summed E-state index contributed by atoms with van der Waals surface area (Å²) < 4.78 is 47.6. The van der Waals surface area contributed by atoms with Crippen LogP contribution >= 0.6 is 23.7 Å². The smallest absolute Gasteiger partial charge is 0.433 e. The predicted molar refractivity (Wildman–Crippen MR) is 159 cm³/mol. The average Bonchev–Trinajstić information content (AvgIpc) is 3.52. The second kappa shape index (κ2) is 13.2. The van der Waals surface area contributed by atoms with Crippen LogP contribution in [0.4, 0.5) is 24.1 Å². The lowest BCUT2D eigenvalue weighted by Gasteiger charge is -2.27. The lowest BCUT2D eigenvalue weighted by Crippen LogP contribution is -2.37. The number of nitrogens with one attached hydrogen (secondary N) is 2. The number of nitrogens with zero attached hydrogens (tertiary/aromatic N) is 5. The Labute approximate surface area is 251 Å². The molecule has 14 heteroatoms. The second-order valence-corrected chi connectivity index (χ2v) is 11.3. The lowest BCUT2D eigenvalue weighted by molar-refractivity contribution is -0.141. The van der Waals surface area contributed by atoms with Crippen molar-refractivity contribution in [3.05, 3.63) is 48.4 Å². The molecule has 0 spiro atoms. The summed E-state index contributed by atoms with van der Waals surface area (Å²) in [5.74, 6) is 0.950. The summed E-state index contributed by atoms with van der Waals surface area (Å²) in [6, 6.07) is 9.44. The van der Waals surface area contributed by atoms with Gasteiger partial charge in [0, 0.05) is 37.7 Å². The van der Waals surface area contributed by atoms with Gasteiger partial charge in [-0.1, -0.05) is 31.3 Å². The first kappa shape index (κ1) is 31.4. The summed E-state index contributed by atoms with van der Waals surface area (Å²) in [6.45, 7) is 8.07. The van der Waals surface area contributed by atoms with E-state index in [1.807, 2.05) is 6.07 Å². The lowest BCUT2D eigenvalue weighted by atomic mass is 10.1. The molecule has 0 radical (unpaired) electrons. The highest BCUT2D eigenvalue weighted by Crippen LogP contribution is 2.36. The van der Waals surface area contributed by atoms with Crippen LogP contribution in [0.25, 0.3) is 21.5 Å². The van der Waals surface area contributed by atoms with Crippen molar-refractivity contribution in [1.82, 2.24) is 24.8 Å². The molecule has 1 aromatic carbocycles. The maximum Gasteiger partial charge on any atom is 0.433 e. The first-order valence-electron chi connectivity index (χ1n) is 13.3. The minimum absolute atomic E-state index is 0. The highest BCUT2D eigenvalue weighted by Gasteiger charge is 2.33. The van der Waals surface area contributed by atoms with Crippen LogP contribution < -0.4 is 15.4 Å². The normalized spacial score (nSPS) is 15.5. The quantitative estimate of drug-likeness (QED) is 0.209. The molecule has 1 fully saturated rings. The van der Waals surface area contributed by atoms with Gasteiger partial charge in [0.15, 0.2) is 10.9 Å². The molecule has 0 saturated carbocycles. The first-order chi connectivity index (χ1) is 19.6. The van der Waals surface area contributed by atoms with Gasteiger partial charge >= 0.3 is 6.18 Å². The van der Waals surface area contributed by atoms with Crippen LogP contribution in [-0.4, -0.2) is 56.4 Å². The third-order valence-corrected chi connectivity index (χ3v) is 7.52. The van der Waals surface area contributed by atoms with Crippen molar-refractivity contribution in [3.8, 4) is 22.9 Å². The number of ether oxygens (including phenoxy) is 1. The number of pyridine rings is 1. The van der Waals surface area contributed by atoms with Gasteiger partial charge in [-0.3, -0.25) is 9.69 Å². The molecule has 0 bridgehead atoms. The summed E-state index contributed by atoms with van der Waals surface area (Å²) in [7, 11) is 0. The Bertz CT molecular complexity index is 1550. The molecule has 1 aliphatic rings. The second-order valence-electron chi connectivity index (χ2n) is 10.3. The van der Waals surface area contributed by atoms with Crippen molar-refractivity contribution in [1.29, 1.82) is 0 Å². The van der Waals surface area contributed by atoms with E-state index in [0.717, 1.165) is 36.7 Å². The Balaban J connectivity index is 0.00000405. The van der Waals surface area contributed by atoms with E-state index in [2.05, 4.69) is 49.3 Å². The highest BCUT2D eigenvalue weighted by molar-refractivity contribution is 7.22. The van der Waals surface area contributed by atoms with Crippen molar-refractivity contribution in [3.63, 3.8) is 0 Å². The van der Waals surface area contributed by atoms with Gasteiger partial charge in [-0.25, -0.2) is 19.9 Å². The topological polar surface area (TPSA) is 105 Å². The fourth-order valence-corrected chi connectivity index (χ4v) is 5.80. The van der Waals surface area contributed by atoms with Crippen LogP contribution in [0.5, 0.6) is 11.6 Å². The van der Waals surface area contributed by atoms with Gasteiger partial charge in [0.25, 0.3) is 0 Å². The maximum atomic E-state index is 13.6. The van der Waals surface area contributed by atoms with Gasteiger partial charge < -0.3 is 15.4 Å². The van der Waals surface area contributed by atoms with Crippen molar-refractivity contribution < 1.29 is 22.7 Å². The molecular formula is C28H31ClF3N7O2S. The Morgan fingerprint density at radius 1 is 1.19 bits per heavy atom. The van der Waals surface area contributed by atoms with Gasteiger partial charge in [-0.15, -0.1) is 12.4 Å². The summed E-state index contributed by atoms with van der Waals surface area (Å²) in [4.78, 5) is 30.7. The van der Waals surface area contributed by atoms with Crippen molar-refractivity contribution in [2.75, 3.05) is 30.3 Å². The average molecular weight is 622 g/mol. The Kier molecular flexibility index (Phi) is 9.85. The molecule has 2 N–H and O–H groups in total. The Morgan fingerprint density at radius 2 is 2.00 bits per heavy atom. The van der Waals surface area contributed by atoms with Gasteiger partial charge in [0.05, 0.1) is 10.4 Å². The number of rotatable bonds is 9. The first-order valence-corrected chi connectivity index (χ1v) is 14.1. The Morgan fingerprint density at radius 3 is 2.74 bits per heavy atom. The van der Waals surface area contributed by atoms with E-state index in [4.69, 9.17) is 4.74 Å². The zero-order chi connectivity index (χ0) is 29.1. The number of halogens is 4. The molecule has 1 aliphatic heterocycles. The number of likely N-dealkylation sites (tertiary alicyclic amines) is 1. The van der Waals surface area contributed by atoms with Crippen molar-refractivity contribution in [2.45, 2.75) is 45.8 Å². The number of thiazole rings is 1. The van der Waals surface area contributed by atoms with Gasteiger partial charge in [-0.05, 0) is 49.6 Å². The van der Waals surface area contributed by atoms with E-state index in [-0.39, 0.29) is 36.1 Å². The number of amides is 1. The molecule has 0 aliphatic carbocycles. The standard InChI is InChI=1S/C28H30F3N7O2S.ClH/c1-16(2)14-38-11-5-6-18(38)13-32-26-19(9-10-23(36-26)28(29,30)31)20-12-24(34-15-33-20)40-21-7-4-8-22-25(21)37-27(41-22)35-17(3)39;/h4,7-10,12,15-16,18H,5-6,11,13-14H2,1-3H3,(H,32,36)(H,35,37,39);1H/t18-;/m1./s1. The summed E-state index contributed by atoms with van der Waals surface area (Å²) in [6.07, 6.45) is -1.29. The molecule has 0 unspecified atom stereocenters. The minimum atomic E-state index is -4.59. The number of anilines is 2. The highest BCUT2D eigenvalue weighted by atomic mass is 35.5. The number of carbonyl (C=O) groups is 1. The number of aromatic nitrogens is 4. The number of alkyl halides is 3. The van der Waals surface area contributed by atoms with Crippen LogP contribution in [0.3, 0.4) is 0 Å². The van der Waals surface area contributed by atoms with Crippen molar-refractivity contribution >= 4 is 50.8 Å². The molecule has 1 atom stereocenters. The number of fused-ring (bicyclic) bond motifs is 1. The number of carbonyl (C=O) groups excluding carboxylic acids is 1. The third kappa shape index (κ3) is 7.44. The monoisotopic (exact) mass is 621 g/mol. The van der Waals surface area contributed by atoms with E-state index in [1.54, 1.807) is 18.2 Å². The fourth-order valence-electron chi connectivity index (χ4n) is 4.87. The molecular weight excluding hydrogens is 591 g/mol. The van der Waals surface area contributed by atoms with Crippen LogP contribution in [-0.2, 0) is 11.0 Å². The molecule has 3 aromatic heterocycles. The number of hydrogen-bond donors (Lipinski definition) is 2. The van der Waals surface area contributed by atoms with E-state index >= 15 is 0 Å². The number of para-hydroxylation sites is 1. The van der Waals surface area contributed by atoms with Gasteiger partial charge in [0.2, 0.25) is 11.8 Å². The van der Waals surface area contributed by atoms with Gasteiger partial charge in [0.1, 0.15) is 23.4 Å². The molecule has 1 saturated heterocycles. The fraction of sp³-hybridized carbons (Fsp3) is 0.393. The minimum Gasteiger partial charge on any atom is -0.437 e. The molecule has 1 amide bonds. The van der Waals surface area contributed by atoms with Crippen LogP contribution in [0.15, 0.2) is 42.7 Å². The SMILES string of the molecule is CC(=O)Nc1nc2c(Oc3cc(-c4ccc(C(F)(F)F)nc4NC[C@H]4CCCN4CC(C)C)ncn3)cccc2s1.Cl. The zero-order valence-electron chi connectivity index (χ0n) is 23.2. The predicted octanol–water partition coefficient (Wildman–Crippen LogP) is 6.87. The summed E-state index contributed by atoms with van der Waals surface area (Å²) in [5.41, 5.74) is 0.319.